The van der Waals surface area contributed by atoms with Gasteiger partial charge in [0, 0.05) is 13.1 Å². The van der Waals surface area contributed by atoms with Crippen molar-refractivity contribution in [3.63, 3.8) is 0 Å². The van der Waals surface area contributed by atoms with Gasteiger partial charge in [-0.2, -0.15) is 0 Å². The van der Waals surface area contributed by atoms with Gasteiger partial charge in [0.05, 0.1) is 25.5 Å². The third kappa shape index (κ3) is 4.40. The van der Waals surface area contributed by atoms with Gasteiger partial charge in [-0.05, 0) is 44.0 Å². The Morgan fingerprint density at radius 3 is 2.79 bits per heavy atom. The van der Waals surface area contributed by atoms with Crippen LogP contribution in [0.4, 0.5) is 5.69 Å². The van der Waals surface area contributed by atoms with E-state index in [-0.39, 0.29) is 0 Å². The molecule has 1 saturated heterocycles. The van der Waals surface area contributed by atoms with E-state index < -0.39 is 0 Å². The highest BCUT2D eigenvalue weighted by Crippen LogP contribution is 2.23. The minimum atomic E-state index is 0.653. The Morgan fingerprint density at radius 1 is 1.32 bits per heavy atom. The summed E-state index contributed by atoms with van der Waals surface area (Å²) in [6.45, 7) is 7.62. The number of hydrogen-bond donors (Lipinski definition) is 1. The van der Waals surface area contributed by atoms with Crippen LogP contribution in [0, 0.1) is 0 Å². The molecule has 1 aromatic carbocycles. The Balaban J connectivity index is 1.77. The molecule has 1 aliphatic heterocycles. The molecule has 106 valence electrons. The minimum Gasteiger partial charge on any atom is -0.492 e. The molecule has 0 aliphatic carbocycles. The molecule has 1 aliphatic rings. The van der Waals surface area contributed by atoms with Gasteiger partial charge in [-0.1, -0.05) is 6.07 Å². The molecule has 2 rings (SSSR count). The van der Waals surface area contributed by atoms with Crippen LogP contribution in [0.15, 0.2) is 18.2 Å². The first-order valence-corrected chi connectivity index (χ1v) is 7.11. The summed E-state index contributed by atoms with van der Waals surface area (Å²) in [5.41, 5.74) is 8.00. The largest absolute Gasteiger partial charge is 0.492 e. The van der Waals surface area contributed by atoms with Crippen LogP contribution >= 0.6 is 0 Å². The number of benzene rings is 1. The van der Waals surface area contributed by atoms with E-state index in [0.29, 0.717) is 6.61 Å². The van der Waals surface area contributed by atoms with E-state index in [1.54, 1.807) is 0 Å². The summed E-state index contributed by atoms with van der Waals surface area (Å²) in [5, 5.41) is 0. The van der Waals surface area contributed by atoms with Gasteiger partial charge in [0.1, 0.15) is 5.75 Å². The Kier molecular flexibility index (Phi) is 5.48. The Bertz CT molecular complexity index is 390. The number of nitrogens with two attached hydrogens (primary N) is 1. The topological polar surface area (TPSA) is 47.7 Å². The lowest BCUT2D eigenvalue weighted by molar-refractivity contribution is 0.0375. The third-order valence-electron chi connectivity index (χ3n) is 3.42. The zero-order valence-electron chi connectivity index (χ0n) is 11.7. The monoisotopic (exact) mass is 264 g/mol. The van der Waals surface area contributed by atoms with Gasteiger partial charge >= 0.3 is 0 Å². The van der Waals surface area contributed by atoms with Gasteiger partial charge in [0.2, 0.25) is 0 Å². The summed E-state index contributed by atoms with van der Waals surface area (Å²) in [6.07, 6.45) is 2.22. The van der Waals surface area contributed by atoms with E-state index in [1.807, 2.05) is 19.1 Å². The SMILES string of the molecule is CCOc1ccc(CCCN2CCOCC2)cc1N. The molecule has 4 heteroatoms. The first kappa shape index (κ1) is 14.2. The quantitative estimate of drug-likeness (QED) is 0.798. The molecule has 0 radical (unpaired) electrons. The Hall–Kier alpha value is -1.26. The maximum atomic E-state index is 5.97. The van der Waals surface area contributed by atoms with E-state index in [4.69, 9.17) is 15.2 Å². The van der Waals surface area contributed by atoms with Crippen molar-refractivity contribution in [2.45, 2.75) is 19.8 Å². The lowest BCUT2D eigenvalue weighted by atomic mass is 10.1. The van der Waals surface area contributed by atoms with Crippen molar-refractivity contribution < 1.29 is 9.47 Å². The number of aryl methyl sites for hydroxylation is 1. The summed E-state index contributed by atoms with van der Waals surface area (Å²) in [7, 11) is 0. The fraction of sp³-hybridized carbons (Fsp3) is 0.600. The van der Waals surface area contributed by atoms with E-state index in [1.165, 1.54) is 5.56 Å². The Labute approximate surface area is 115 Å². The minimum absolute atomic E-state index is 0.653. The number of rotatable bonds is 6. The molecule has 0 unspecified atom stereocenters. The molecule has 0 saturated carbocycles. The predicted octanol–water partition coefficient (Wildman–Crippen LogP) is 1.93. The standard InChI is InChI=1S/C15H24N2O2/c1-2-19-15-6-5-13(12-14(15)16)4-3-7-17-8-10-18-11-9-17/h5-6,12H,2-4,7-11,16H2,1H3. The van der Waals surface area contributed by atoms with Crippen molar-refractivity contribution in [2.24, 2.45) is 0 Å². The number of ether oxygens (including phenoxy) is 2. The molecule has 2 N–H and O–H groups in total. The van der Waals surface area contributed by atoms with E-state index >= 15 is 0 Å². The molecule has 1 heterocycles. The summed E-state index contributed by atoms with van der Waals surface area (Å²) in [6, 6.07) is 6.12. The first-order valence-electron chi connectivity index (χ1n) is 7.11. The average Bonchev–Trinajstić information content (AvgIpc) is 2.43. The maximum Gasteiger partial charge on any atom is 0.142 e. The van der Waals surface area contributed by atoms with Crippen LogP contribution in [-0.4, -0.2) is 44.4 Å². The number of anilines is 1. The van der Waals surface area contributed by atoms with Crippen LogP contribution in [0.25, 0.3) is 0 Å². The number of nitrogens with zero attached hydrogens (tertiary/aromatic N) is 1. The molecule has 0 amide bonds. The number of hydrogen-bond acceptors (Lipinski definition) is 4. The maximum absolute atomic E-state index is 5.97. The molecule has 19 heavy (non-hydrogen) atoms. The van der Waals surface area contributed by atoms with Crippen LogP contribution in [0.1, 0.15) is 18.9 Å². The molecule has 1 fully saturated rings. The zero-order valence-corrected chi connectivity index (χ0v) is 11.7. The average molecular weight is 264 g/mol. The molecule has 4 nitrogen and oxygen atoms in total. The second kappa shape index (κ2) is 7.36. The molecular weight excluding hydrogens is 240 g/mol. The highest BCUT2D eigenvalue weighted by molar-refractivity contribution is 5.54. The van der Waals surface area contributed by atoms with Crippen LogP contribution in [0.5, 0.6) is 5.75 Å². The van der Waals surface area contributed by atoms with Gasteiger partial charge in [-0.25, -0.2) is 0 Å². The van der Waals surface area contributed by atoms with Crippen LogP contribution in [-0.2, 0) is 11.2 Å². The number of morpholine rings is 1. The van der Waals surface area contributed by atoms with Crippen molar-refractivity contribution in [3.8, 4) is 5.75 Å². The van der Waals surface area contributed by atoms with Crippen LogP contribution in [0.3, 0.4) is 0 Å². The van der Waals surface area contributed by atoms with Gasteiger partial charge in [0.25, 0.3) is 0 Å². The highest BCUT2D eigenvalue weighted by Gasteiger charge is 2.09. The lowest BCUT2D eigenvalue weighted by Gasteiger charge is -2.26. The summed E-state index contributed by atoms with van der Waals surface area (Å²) >= 11 is 0. The fourth-order valence-corrected chi connectivity index (χ4v) is 2.37. The number of nitrogen functional groups attached to an aromatic ring is 1. The Morgan fingerprint density at radius 2 is 2.11 bits per heavy atom. The molecular formula is C15H24N2O2. The third-order valence-corrected chi connectivity index (χ3v) is 3.42. The van der Waals surface area contributed by atoms with Crippen molar-refractivity contribution in [2.75, 3.05) is 45.2 Å². The van der Waals surface area contributed by atoms with Crippen molar-refractivity contribution >= 4 is 5.69 Å². The predicted molar refractivity (Wildman–Crippen MR) is 77.6 cm³/mol. The lowest BCUT2D eigenvalue weighted by Crippen LogP contribution is -2.36. The zero-order chi connectivity index (χ0) is 13.5. The second-order valence-corrected chi connectivity index (χ2v) is 4.86. The van der Waals surface area contributed by atoms with E-state index in [9.17, 15) is 0 Å². The van der Waals surface area contributed by atoms with Gasteiger partial charge < -0.3 is 15.2 Å². The van der Waals surface area contributed by atoms with Crippen molar-refractivity contribution in [1.29, 1.82) is 0 Å². The summed E-state index contributed by atoms with van der Waals surface area (Å²) in [5.74, 6) is 0.791. The first-order chi connectivity index (χ1) is 9.29. The summed E-state index contributed by atoms with van der Waals surface area (Å²) in [4.78, 5) is 2.46. The second-order valence-electron chi connectivity index (χ2n) is 4.86. The smallest absolute Gasteiger partial charge is 0.142 e. The molecule has 0 spiro atoms. The molecule has 1 aromatic rings. The van der Waals surface area contributed by atoms with Crippen molar-refractivity contribution in [1.82, 2.24) is 4.90 Å². The van der Waals surface area contributed by atoms with Gasteiger partial charge in [-0.15, -0.1) is 0 Å². The molecule has 0 aromatic heterocycles. The highest BCUT2D eigenvalue weighted by atomic mass is 16.5. The van der Waals surface area contributed by atoms with Crippen LogP contribution in [0.2, 0.25) is 0 Å². The normalized spacial score (nSPS) is 16.5. The molecule has 0 atom stereocenters. The summed E-state index contributed by atoms with van der Waals surface area (Å²) < 4.78 is 10.8. The van der Waals surface area contributed by atoms with Gasteiger partial charge in [0.15, 0.2) is 0 Å². The molecule has 0 bridgehead atoms. The van der Waals surface area contributed by atoms with Gasteiger partial charge in [-0.3, -0.25) is 4.90 Å². The van der Waals surface area contributed by atoms with Crippen LogP contribution < -0.4 is 10.5 Å². The fourth-order valence-electron chi connectivity index (χ4n) is 2.37. The van der Waals surface area contributed by atoms with E-state index in [0.717, 1.165) is 57.1 Å². The van der Waals surface area contributed by atoms with Crippen molar-refractivity contribution in [3.05, 3.63) is 23.8 Å². The van der Waals surface area contributed by atoms with E-state index in [2.05, 4.69) is 11.0 Å².